The van der Waals surface area contributed by atoms with E-state index in [1.807, 2.05) is 348 Å². The number of halogens is 2. The Morgan fingerprint density at radius 3 is 0.833 bits per heavy atom. The first-order valence-corrected chi connectivity index (χ1v) is 45.1. The maximum Gasteiger partial charge on any atom is 0.268 e. The minimum Gasteiger partial charge on any atom is -0.455 e. The largest absolute Gasteiger partial charge is 0.455 e. The molecule has 0 unspecified atom stereocenters. The Bertz CT molecular complexity index is 5890. The summed E-state index contributed by atoms with van der Waals surface area (Å²) in [6, 6.07) is 67.3. The Balaban J connectivity index is 0.000000756. The number of nitrogens with one attached hydrogen (secondary N) is 2. The van der Waals surface area contributed by atoms with Crippen LogP contribution in [0.5, 0.6) is 69.0 Å². The van der Waals surface area contributed by atoms with Crippen LogP contribution in [0.15, 0.2) is 302 Å². The molecule has 0 amide bonds. The van der Waals surface area contributed by atoms with Gasteiger partial charge in [0.1, 0.15) is 55.8 Å². The van der Waals surface area contributed by atoms with Crippen molar-refractivity contribution in [1.82, 2.24) is 89.7 Å². The van der Waals surface area contributed by atoms with Gasteiger partial charge in [0.2, 0.25) is 0 Å². The van der Waals surface area contributed by atoms with Gasteiger partial charge in [-0.25, -0.2) is 79.7 Å². The van der Waals surface area contributed by atoms with Crippen molar-refractivity contribution in [3.63, 3.8) is 0 Å². The lowest BCUT2D eigenvalue weighted by Crippen LogP contribution is -2.06. The Morgan fingerprint density at radius 2 is 0.477 bits per heavy atom. The Hall–Kier alpha value is -14.8. The summed E-state index contributed by atoms with van der Waals surface area (Å²) in [7, 11) is 1.50. The van der Waals surface area contributed by atoms with Crippen molar-refractivity contribution in [2.24, 2.45) is 5.73 Å². The van der Waals surface area contributed by atoms with E-state index in [0.29, 0.717) is 123 Å². The summed E-state index contributed by atoms with van der Waals surface area (Å²) in [6.07, 6.45) is 18.5. The molecule has 12 aromatic heterocycles. The van der Waals surface area contributed by atoms with Crippen LogP contribution in [0, 0.1) is 13.8 Å². The van der Waals surface area contributed by atoms with Crippen molar-refractivity contribution < 1.29 is 28.4 Å². The van der Waals surface area contributed by atoms with E-state index in [0.717, 1.165) is 34.4 Å². The average molecular weight is 1830 g/mol. The summed E-state index contributed by atoms with van der Waals surface area (Å²) in [6.45, 7) is 47.8. The predicted molar refractivity (Wildman–Crippen MR) is 543 cm³/mol. The minimum absolute atomic E-state index is 0.284. The van der Waals surface area contributed by atoms with E-state index in [9.17, 15) is 9.59 Å². The van der Waals surface area contributed by atoms with Crippen LogP contribution in [0.25, 0.3) is 67.0 Å². The first-order valence-electron chi connectivity index (χ1n) is 44.3. The first kappa shape index (κ1) is 115. The van der Waals surface area contributed by atoms with E-state index in [1.165, 1.54) is 31.8 Å². The van der Waals surface area contributed by atoms with Crippen molar-refractivity contribution in [3.05, 3.63) is 335 Å². The van der Waals surface area contributed by atoms with Gasteiger partial charge in [-0.1, -0.05) is 285 Å². The maximum absolute atomic E-state index is 11.3. The number of aromatic amines is 2. The van der Waals surface area contributed by atoms with Crippen LogP contribution in [-0.4, -0.2) is 96.8 Å². The van der Waals surface area contributed by atoms with Crippen molar-refractivity contribution in [2.75, 3.05) is 7.05 Å². The topological polar surface area (TPSA) is 353 Å². The molecule has 0 saturated carbocycles. The summed E-state index contributed by atoms with van der Waals surface area (Å²) in [4.78, 5) is 94.3. The lowest BCUT2D eigenvalue weighted by Gasteiger charge is -2.07. The standard InChI is InChI=1S/2C14H11N3O.2C13H8ClN3O.2C13H9N3O2.11C2H6.CH5N/c2*1-10-9-16-13-12(7-8-15-14(13)17-10)18-11-5-3-2-4-6-11;14-11-8-16-13-12(17-11)10(6-7-15-13)18-9-4-2-1-3-5-9;14-11-8-16-12-10(6-7-15-13(12)17-11)18-9-4-2-1-3-5-9;17-11-8-15-13-12(16-11)10(6-7-14-13)18-9-4-2-1-3-5-9;17-11-8-15-12-10(6-7-14-13(12)16-11)18-9-4-2-1-3-5-9;12*1-2/h2*2-9H,1H3;2*1-8H;1-8H,(H,16,17);1-8H,(H,14,16,17);11*1-2H3;2H2,1H3. The van der Waals surface area contributed by atoms with Crippen LogP contribution in [0.2, 0.25) is 10.3 Å². The first-order chi connectivity index (χ1) is 65.0. The molecule has 0 aliphatic heterocycles. The van der Waals surface area contributed by atoms with Gasteiger partial charge in [0.25, 0.3) is 11.1 Å². The van der Waals surface area contributed by atoms with Gasteiger partial charge in [-0.15, -0.1) is 0 Å². The van der Waals surface area contributed by atoms with Crippen molar-refractivity contribution in [1.29, 1.82) is 0 Å². The highest BCUT2D eigenvalue weighted by Gasteiger charge is 2.14. The van der Waals surface area contributed by atoms with E-state index in [1.54, 1.807) is 86.0 Å². The summed E-state index contributed by atoms with van der Waals surface area (Å²) < 4.78 is 34.5. The number of nitrogens with zero attached hydrogens (tertiary/aromatic N) is 16. The number of hydrogen-bond acceptors (Lipinski definition) is 25. The van der Waals surface area contributed by atoms with Gasteiger partial charge in [-0.3, -0.25) is 9.59 Å². The number of hydrogen-bond donors (Lipinski definition) is 3. The third kappa shape index (κ3) is 39.4. The highest BCUT2D eigenvalue weighted by molar-refractivity contribution is 6.29. The number of para-hydroxylation sites is 6. The molecule has 18 rings (SSSR count). The zero-order valence-electron chi connectivity index (χ0n) is 80.5. The van der Waals surface area contributed by atoms with Crippen molar-refractivity contribution >= 4 is 90.2 Å². The van der Waals surface area contributed by atoms with Gasteiger partial charge in [0.15, 0.2) is 90.4 Å². The number of H-pyrrole nitrogens is 2. The molecule has 27 nitrogen and oxygen atoms in total. The fourth-order valence-corrected chi connectivity index (χ4v) is 10.0. The molecule has 0 aliphatic carbocycles. The Labute approximate surface area is 786 Å². The zero-order valence-corrected chi connectivity index (χ0v) is 82.0. The lowest BCUT2D eigenvalue weighted by molar-refractivity contribution is 0.486. The second-order valence-corrected chi connectivity index (χ2v) is 23.1. The molecule has 0 fully saturated rings. The summed E-state index contributed by atoms with van der Waals surface area (Å²) in [5.41, 5.74) is 12.2. The predicted octanol–water partition coefficient (Wildman–Crippen LogP) is 28.3. The fraction of sp³-hybridized carbons (Fsp3) is 0.243. The van der Waals surface area contributed by atoms with Crippen LogP contribution < -0.4 is 45.3 Å². The highest BCUT2D eigenvalue weighted by Crippen LogP contribution is 2.33. The lowest BCUT2D eigenvalue weighted by atomic mass is 10.3. The number of aryl methyl sites for hydroxylation is 2. The molecule has 696 valence electrons. The van der Waals surface area contributed by atoms with Crippen LogP contribution in [0.1, 0.15) is 164 Å². The zero-order chi connectivity index (χ0) is 98.2. The van der Waals surface area contributed by atoms with Gasteiger partial charge in [0, 0.05) is 86.0 Å². The normalized spacial score (nSPS) is 9.12. The maximum atomic E-state index is 11.3. The van der Waals surface area contributed by atoms with Crippen LogP contribution in [0.4, 0.5) is 0 Å². The molecule has 18 aromatic rings. The van der Waals surface area contributed by atoms with Gasteiger partial charge >= 0.3 is 0 Å². The fourth-order valence-electron chi connectivity index (χ4n) is 9.76. The molecule has 0 aliphatic rings. The number of ether oxygens (including phenoxy) is 6. The molecular formula is C103H127Cl2N19O8. The Morgan fingerprint density at radius 1 is 0.235 bits per heavy atom. The number of fused-ring (bicyclic) bond motifs is 6. The number of pyridine rings is 6. The second kappa shape index (κ2) is 71.2. The Kier molecular flexibility index (Phi) is 62.1. The van der Waals surface area contributed by atoms with E-state index in [2.05, 4.69) is 95.4 Å². The molecule has 12 heterocycles. The van der Waals surface area contributed by atoms with E-state index >= 15 is 0 Å². The molecule has 0 saturated heterocycles. The van der Waals surface area contributed by atoms with Crippen LogP contribution in [0.3, 0.4) is 0 Å². The number of benzene rings is 6. The molecule has 0 atom stereocenters. The summed E-state index contributed by atoms with van der Waals surface area (Å²) in [5, 5.41) is 0.625. The molecule has 132 heavy (non-hydrogen) atoms. The third-order valence-corrected chi connectivity index (χ3v) is 14.9. The van der Waals surface area contributed by atoms with Crippen molar-refractivity contribution in [2.45, 2.75) is 166 Å². The highest BCUT2D eigenvalue weighted by atomic mass is 35.5. The number of nitrogens with two attached hydrogens (primary N) is 1. The molecular weight excluding hydrogens is 1700 g/mol. The van der Waals surface area contributed by atoms with Gasteiger partial charge < -0.3 is 44.1 Å². The SMILES string of the molecule is CC.CC.CC.CC.CC.CC.CC.CC.CC.CC.CC.CN.Cc1cnc2c(Oc3ccccc3)ccnc2n1.Cc1cnc2c(Oc3ccccc3)ccnc2n1.Clc1cnc2c(Oc3ccccc3)ccnc2n1.Clc1cnc2nccc(Oc3ccccc3)c2n1.O=c1cnc2c(Oc3ccccc3)ccnc2[nH]1.O=c1cnc2nccc(Oc3ccccc3)c2[nH]1. The summed E-state index contributed by atoms with van der Waals surface area (Å²) >= 11 is 11.6. The van der Waals surface area contributed by atoms with E-state index in [-0.39, 0.29) is 11.1 Å². The smallest absolute Gasteiger partial charge is 0.268 e. The second-order valence-electron chi connectivity index (χ2n) is 22.3. The minimum atomic E-state index is -0.285. The molecule has 29 heteroatoms. The quantitative estimate of drug-likeness (QED) is 0.102. The molecule has 0 radical (unpaired) electrons. The molecule has 6 aromatic carbocycles. The van der Waals surface area contributed by atoms with Crippen LogP contribution in [-0.2, 0) is 0 Å². The van der Waals surface area contributed by atoms with Crippen LogP contribution >= 0.6 is 23.2 Å². The van der Waals surface area contributed by atoms with Gasteiger partial charge in [-0.2, -0.15) is 0 Å². The molecule has 4 N–H and O–H groups in total. The molecule has 0 bridgehead atoms. The monoisotopic (exact) mass is 1830 g/mol. The number of aromatic nitrogens is 18. The average Bonchev–Trinajstić information content (AvgIpc) is 0.846. The molecule has 0 spiro atoms. The van der Waals surface area contributed by atoms with Gasteiger partial charge in [-0.05, 0) is 93.7 Å². The van der Waals surface area contributed by atoms with E-state index < -0.39 is 0 Å². The van der Waals surface area contributed by atoms with Crippen molar-refractivity contribution in [3.8, 4) is 69.0 Å². The number of rotatable bonds is 12. The third-order valence-electron chi connectivity index (χ3n) is 14.5. The van der Waals surface area contributed by atoms with E-state index in [4.69, 9.17) is 51.6 Å². The van der Waals surface area contributed by atoms with Gasteiger partial charge in [0.05, 0.1) is 36.2 Å². The summed E-state index contributed by atoms with van der Waals surface area (Å²) in [5.74, 6) is 8.01.